The molecule has 0 amide bonds. The predicted molar refractivity (Wildman–Crippen MR) is 54.1 cm³/mol. The average molecular weight is 195 g/mol. The summed E-state index contributed by atoms with van der Waals surface area (Å²) in [5.41, 5.74) is 2.40. The van der Waals surface area contributed by atoms with E-state index in [4.69, 9.17) is 4.74 Å². The molecule has 1 N–H and O–H groups in total. The maximum Gasteiger partial charge on any atom is 0.101 e. The van der Waals surface area contributed by atoms with Gasteiger partial charge in [0.1, 0.15) is 6.10 Å². The molecule has 0 saturated carbocycles. The highest BCUT2D eigenvalue weighted by Gasteiger charge is 2.30. The van der Waals surface area contributed by atoms with Crippen LogP contribution in [0.2, 0.25) is 0 Å². The van der Waals surface area contributed by atoms with E-state index in [1.807, 2.05) is 25.0 Å². The first-order valence-corrected chi connectivity index (χ1v) is 5.01. The molecule has 0 unspecified atom stereocenters. The van der Waals surface area contributed by atoms with Crippen LogP contribution in [0.3, 0.4) is 0 Å². The molecule has 2 atom stereocenters. The fraction of sp³-hybridized carbons (Fsp3) is 0.700. The molecular formula is C10H17N3O. The number of hydrogen-bond acceptors (Lipinski definition) is 3. The average Bonchev–Trinajstić information content (AvgIpc) is 2.75. The number of aryl methyl sites for hydroxylation is 1. The van der Waals surface area contributed by atoms with E-state index in [0.29, 0.717) is 6.04 Å². The van der Waals surface area contributed by atoms with Gasteiger partial charge in [-0.2, -0.15) is 5.10 Å². The summed E-state index contributed by atoms with van der Waals surface area (Å²) in [5, 5.41) is 7.53. The van der Waals surface area contributed by atoms with E-state index in [1.165, 1.54) is 11.3 Å². The van der Waals surface area contributed by atoms with Crippen molar-refractivity contribution in [3.05, 3.63) is 17.5 Å². The first-order chi connectivity index (χ1) is 6.74. The predicted octanol–water partition coefficient (Wildman–Crippen LogP) is 0.778. The molecule has 78 valence electrons. The van der Waals surface area contributed by atoms with Gasteiger partial charge < -0.3 is 10.1 Å². The number of hydrogen-bond donors (Lipinski definition) is 1. The quantitative estimate of drug-likeness (QED) is 0.758. The van der Waals surface area contributed by atoms with Crippen molar-refractivity contribution >= 4 is 0 Å². The minimum absolute atomic E-state index is 0.175. The summed E-state index contributed by atoms with van der Waals surface area (Å²) in [5.74, 6) is 0. The van der Waals surface area contributed by atoms with Crippen LogP contribution in [0.25, 0.3) is 0 Å². The molecule has 0 aromatic carbocycles. The van der Waals surface area contributed by atoms with Crippen LogP contribution in [0, 0.1) is 6.92 Å². The summed E-state index contributed by atoms with van der Waals surface area (Å²) in [6, 6.07) is 0.429. The van der Waals surface area contributed by atoms with E-state index in [0.717, 1.165) is 13.0 Å². The Bertz CT molecular complexity index is 321. The molecule has 2 rings (SSSR count). The molecule has 1 aromatic heterocycles. The van der Waals surface area contributed by atoms with Crippen molar-refractivity contribution in [3.8, 4) is 0 Å². The van der Waals surface area contributed by atoms with Crippen molar-refractivity contribution in [2.75, 3.05) is 13.7 Å². The lowest BCUT2D eigenvalue weighted by atomic mass is 10.0. The fourth-order valence-corrected chi connectivity index (χ4v) is 1.99. The lowest BCUT2D eigenvalue weighted by Gasteiger charge is -2.17. The van der Waals surface area contributed by atoms with Crippen LogP contribution in [0.1, 0.15) is 23.8 Å². The van der Waals surface area contributed by atoms with Gasteiger partial charge in [-0.15, -0.1) is 0 Å². The molecule has 14 heavy (non-hydrogen) atoms. The molecular weight excluding hydrogens is 178 g/mol. The highest BCUT2D eigenvalue weighted by atomic mass is 16.5. The Balaban J connectivity index is 2.26. The minimum Gasteiger partial charge on any atom is -0.372 e. The SMILES string of the molecule is CN[C@H]1CCO[C@@H]1c1cnn(C)c1C. The van der Waals surface area contributed by atoms with Crippen LogP contribution in [0.15, 0.2) is 6.20 Å². The van der Waals surface area contributed by atoms with Crippen LogP contribution < -0.4 is 5.32 Å². The molecule has 0 radical (unpaired) electrons. The fourth-order valence-electron chi connectivity index (χ4n) is 1.99. The zero-order chi connectivity index (χ0) is 10.1. The maximum atomic E-state index is 5.72. The van der Waals surface area contributed by atoms with Gasteiger partial charge >= 0.3 is 0 Å². The summed E-state index contributed by atoms with van der Waals surface area (Å²) in [4.78, 5) is 0. The lowest BCUT2D eigenvalue weighted by Crippen LogP contribution is -2.28. The standard InChI is InChI=1S/C10H17N3O/c1-7-8(6-12-13(7)3)10-9(11-2)4-5-14-10/h6,9-11H,4-5H2,1-3H3/t9-,10+/m0/s1. The molecule has 1 aromatic rings. The first-order valence-electron chi connectivity index (χ1n) is 5.01. The molecule has 4 nitrogen and oxygen atoms in total. The Kier molecular flexibility index (Phi) is 2.56. The second-order valence-corrected chi connectivity index (χ2v) is 3.78. The van der Waals surface area contributed by atoms with Crippen LogP contribution >= 0.6 is 0 Å². The smallest absolute Gasteiger partial charge is 0.101 e. The number of nitrogens with one attached hydrogen (secondary N) is 1. The molecule has 1 saturated heterocycles. The van der Waals surface area contributed by atoms with Crippen LogP contribution in [-0.4, -0.2) is 29.5 Å². The van der Waals surface area contributed by atoms with Gasteiger partial charge in [0, 0.05) is 31.0 Å². The zero-order valence-electron chi connectivity index (χ0n) is 8.95. The summed E-state index contributed by atoms with van der Waals surface area (Å²) >= 11 is 0. The molecule has 1 fully saturated rings. The van der Waals surface area contributed by atoms with Crippen molar-refractivity contribution in [2.24, 2.45) is 7.05 Å². The van der Waals surface area contributed by atoms with Crippen molar-refractivity contribution in [1.82, 2.24) is 15.1 Å². The Morgan fingerprint density at radius 1 is 1.64 bits per heavy atom. The Morgan fingerprint density at radius 3 is 3.00 bits per heavy atom. The molecule has 0 aliphatic carbocycles. The number of likely N-dealkylation sites (N-methyl/N-ethyl adjacent to an activating group) is 1. The summed E-state index contributed by atoms with van der Waals surface area (Å²) in [6.45, 7) is 2.92. The van der Waals surface area contributed by atoms with Crippen molar-refractivity contribution in [2.45, 2.75) is 25.5 Å². The Morgan fingerprint density at radius 2 is 2.43 bits per heavy atom. The second kappa shape index (κ2) is 3.71. The lowest BCUT2D eigenvalue weighted by molar-refractivity contribution is 0.0996. The molecule has 0 bridgehead atoms. The molecule has 1 aliphatic rings. The van der Waals surface area contributed by atoms with E-state index in [-0.39, 0.29) is 6.10 Å². The third-order valence-electron chi connectivity index (χ3n) is 3.04. The number of aromatic nitrogens is 2. The monoisotopic (exact) mass is 195 g/mol. The molecule has 4 heteroatoms. The van der Waals surface area contributed by atoms with E-state index in [1.54, 1.807) is 0 Å². The number of ether oxygens (including phenoxy) is 1. The summed E-state index contributed by atoms with van der Waals surface area (Å²) in [6.07, 6.45) is 3.17. The normalized spacial score (nSPS) is 27.1. The Labute approximate surface area is 84.3 Å². The maximum absolute atomic E-state index is 5.72. The third kappa shape index (κ3) is 1.44. The highest BCUT2D eigenvalue weighted by molar-refractivity contribution is 5.21. The van der Waals surface area contributed by atoms with E-state index < -0.39 is 0 Å². The van der Waals surface area contributed by atoms with Crippen molar-refractivity contribution < 1.29 is 4.74 Å². The van der Waals surface area contributed by atoms with Crippen LogP contribution in [0.4, 0.5) is 0 Å². The van der Waals surface area contributed by atoms with E-state index in [9.17, 15) is 0 Å². The topological polar surface area (TPSA) is 39.1 Å². The molecule has 0 spiro atoms. The van der Waals surface area contributed by atoms with E-state index in [2.05, 4.69) is 17.3 Å². The largest absolute Gasteiger partial charge is 0.372 e. The first kappa shape index (κ1) is 9.68. The van der Waals surface area contributed by atoms with E-state index >= 15 is 0 Å². The number of rotatable bonds is 2. The summed E-state index contributed by atoms with van der Waals surface area (Å²) in [7, 11) is 3.94. The summed E-state index contributed by atoms with van der Waals surface area (Å²) < 4.78 is 7.61. The molecule has 1 aliphatic heterocycles. The van der Waals surface area contributed by atoms with Gasteiger partial charge in [-0.25, -0.2) is 0 Å². The van der Waals surface area contributed by atoms with Gasteiger partial charge in [-0.05, 0) is 20.4 Å². The van der Waals surface area contributed by atoms with Crippen molar-refractivity contribution in [3.63, 3.8) is 0 Å². The van der Waals surface area contributed by atoms with Crippen molar-refractivity contribution in [1.29, 1.82) is 0 Å². The molecule has 2 heterocycles. The van der Waals surface area contributed by atoms with Crippen LogP contribution in [0.5, 0.6) is 0 Å². The van der Waals surface area contributed by atoms with Gasteiger partial charge in [0.05, 0.1) is 6.20 Å². The van der Waals surface area contributed by atoms with Gasteiger partial charge in [0.15, 0.2) is 0 Å². The van der Waals surface area contributed by atoms with Gasteiger partial charge in [-0.3, -0.25) is 4.68 Å². The Hall–Kier alpha value is -0.870. The third-order valence-corrected chi connectivity index (χ3v) is 3.04. The highest BCUT2D eigenvalue weighted by Crippen LogP contribution is 2.30. The van der Waals surface area contributed by atoms with Gasteiger partial charge in [0.25, 0.3) is 0 Å². The second-order valence-electron chi connectivity index (χ2n) is 3.78. The van der Waals surface area contributed by atoms with Gasteiger partial charge in [0.2, 0.25) is 0 Å². The zero-order valence-corrected chi connectivity index (χ0v) is 8.95. The minimum atomic E-state index is 0.175. The number of nitrogens with zero attached hydrogens (tertiary/aromatic N) is 2. The van der Waals surface area contributed by atoms with Crippen LogP contribution in [-0.2, 0) is 11.8 Å². The van der Waals surface area contributed by atoms with Gasteiger partial charge in [-0.1, -0.05) is 0 Å².